The fourth-order valence-electron chi connectivity index (χ4n) is 2.20. The Kier molecular flexibility index (Phi) is 4.93. The van der Waals surface area contributed by atoms with Crippen LogP contribution in [0.4, 0.5) is 5.69 Å². The maximum Gasteiger partial charge on any atom is 0.171 e. The van der Waals surface area contributed by atoms with E-state index in [4.69, 9.17) is 5.73 Å². The van der Waals surface area contributed by atoms with Crippen LogP contribution < -0.4 is 10.6 Å². The lowest BCUT2D eigenvalue weighted by molar-refractivity contribution is 0.579. The highest BCUT2D eigenvalue weighted by Crippen LogP contribution is 2.27. The normalized spacial score (nSPS) is 21.8. The summed E-state index contributed by atoms with van der Waals surface area (Å²) in [7, 11) is -3.09. The smallest absolute Gasteiger partial charge is 0.171 e. The van der Waals surface area contributed by atoms with E-state index in [1.165, 1.54) is 0 Å². The van der Waals surface area contributed by atoms with Gasteiger partial charge in [0.2, 0.25) is 0 Å². The van der Waals surface area contributed by atoms with E-state index in [0.717, 1.165) is 23.7 Å². The third-order valence-corrected chi connectivity index (χ3v) is 6.76. The average Bonchev–Trinajstić information content (AvgIpc) is 2.47. The Morgan fingerprint density at radius 1 is 1.55 bits per heavy atom. The molecule has 2 N–H and O–H groups in total. The second-order valence-electron chi connectivity index (χ2n) is 4.90. The molecule has 0 aliphatic carbocycles. The van der Waals surface area contributed by atoms with Gasteiger partial charge < -0.3 is 10.6 Å². The molecule has 1 aromatic rings. The summed E-state index contributed by atoms with van der Waals surface area (Å²) in [5.74, 6) is 1.72. The zero-order chi connectivity index (χ0) is 14.8. The van der Waals surface area contributed by atoms with Crippen molar-refractivity contribution in [3.05, 3.63) is 24.0 Å². The first-order chi connectivity index (χ1) is 9.45. The van der Waals surface area contributed by atoms with Crippen LogP contribution in [-0.4, -0.2) is 42.6 Å². The standard InChI is InChI=1S/C13H21N3O2S2/c1-3-20(17,18)13-9-19-7-6-16(13)11-4-5-12(10(2)14)15-8-11/h4-5,8,10,13H,3,6-7,9,14H2,1-2H3/t10-,13?/m1/s1. The Balaban J connectivity index is 2.28. The topological polar surface area (TPSA) is 76.3 Å². The summed E-state index contributed by atoms with van der Waals surface area (Å²) in [5, 5.41) is -0.450. The van der Waals surface area contributed by atoms with Gasteiger partial charge in [-0.05, 0) is 19.1 Å². The minimum Gasteiger partial charge on any atom is -0.352 e. The molecule has 0 bridgehead atoms. The van der Waals surface area contributed by atoms with Crippen LogP contribution in [0.15, 0.2) is 18.3 Å². The molecule has 2 atom stereocenters. The van der Waals surface area contributed by atoms with Gasteiger partial charge in [0.25, 0.3) is 0 Å². The van der Waals surface area contributed by atoms with Crippen molar-refractivity contribution in [1.29, 1.82) is 0 Å². The Morgan fingerprint density at radius 3 is 2.85 bits per heavy atom. The zero-order valence-electron chi connectivity index (χ0n) is 11.8. The number of nitrogens with two attached hydrogens (primary N) is 1. The van der Waals surface area contributed by atoms with Gasteiger partial charge in [0.05, 0.1) is 17.6 Å². The van der Waals surface area contributed by atoms with E-state index in [2.05, 4.69) is 4.98 Å². The number of hydrogen-bond donors (Lipinski definition) is 1. The molecule has 1 fully saturated rings. The Labute approximate surface area is 124 Å². The minimum absolute atomic E-state index is 0.115. The molecular formula is C13H21N3O2S2. The van der Waals surface area contributed by atoms with Gasteiger partial charge >= 0.3 is 0 Å². The Bertz CT molecular complexity index is 543. The van der Waals surface area contributed by atoms with Crippen LogP contribution in [0.5, 0.6) is 0 Å². The highest BCUT2D eigenvalue weighted by Gasteiger charge is 2.33. The number of aromatic nitrogens is 1. The number of sulfone groups is 1. The monoisotopic (exact) mass is 315 g/mol. The lowest BCUT2D eigenvalue weighted by Crippen LogP contribution is -2.48. The third kappa shape index (κ3) is 3.27. The number of thioether (sulfide) groups is 1. The van der Waals surface area contributed by atoms with E-state index in [9.17, 15) is 8.42 Å². The summed E-state index contributed by atoms with van der Waals surface area (Å²) < 4.78 is 24.4. The molecule has 2 heterocycles. The Morgan fingerprint density at radius 2 is 2.30 bits per heavy atom. The third-order valence-electron chi connectivity index (χ3n) is 3.47. The van der Waals surface area contributed by atoms with Crippen molar-refractivity contribution in [3.63, 3.8) is 0 Å². The van der Waals surface area contributed by atoms with Gasteiger partial charge in [-0.3, -0.25) is 4.98 Å². The zero-order valence-corrected chi connectivity index (χ0v) is 13.5. The lowest BCUT2D eigenvalue weighted by Gasteiger charge is -2.36. The minimum atomic E-state index is -3.09. The molecule has 0 aromatic carbocycles. The van der Waals surface area contributed by atoms with E-state index < -0.39 is 15.2 Å². The SMILES string of the molecule is CCS(=O)(=O)C1CSCCN1c1ccc([C@@H](C)N)nc1. The van der Waals surface area contributed by atoms with E-state index in [1.807, 2.05) is 24.0 Å². The molecule has 112 valence electrons. The number of rotatable bonds is 4. The van der Waals surface area contributed by atoms with E-state index in [0.29, 0.717) is 5.75 Å². The first-order valence-corrected chi connectivity index (χ1v) is 9.60. The summed E-state index contributed by atoms with van der Waals surface area (Å²) in [5.41, 5.74) is 7.46. The fraction of sp³-hybridized carbons (Fsp3) is 0.615. The second kappa shape index (κ2) is 6.32. The molecule has 1 aliphatic rings. The van der Waals surface area contributed by atoms with Crippen molar-refractivity contribution >= 4 is 27.3 Å². The highest BCUT2D eigenvalue weighted by molar-refractivity contribution is 8.01. The van der Waals surface area contributed by atoms with Crippen molar-refractivity contribution in [3.8, 4) is 0 Å². The number of pyridine rings is 1. The molecule has 2 rings (SSSR count). The summed E-state index contributed by atoms with van der Waals surface area (Å²) in [6.45, 7) is 4.31. The van der Waals surface area contributed by atoms with E-state index in [-0.39, 0.29) is 11.8 Å². The van der Waals surface area contributed by atoms with Crippen molar-refractivity contribution in [1.82, 2.24) is 4.98 Å². The molecule has 7 heteroatoms. The quantitative estimate of drug-likeness (QED) is 0.905. The van der Waals surface area contributed by atoms with Gasteiger partial charge in [-0.15, -0.1) is 0 Å². The second-order valence-corrected chi connectivity index (χ2v) is 8.50. The summed E-state index contributed by atoms with van der Waals surface area (Å²) >= 11 is 1.69. The Hall–Kier alpha value is -0.790. The number of nitrogens with zero attached hydrogens (tertiary/aromatic N) is 2. The molecule has 1 aliphatic heterocycles. The van der Waals surface area contributed by atoms with Crippen molar-refractivity contribution in [2.45, 2.75) is 25.3 Å². The molecule has 0 saturated carbocycles. The average molecular weight is 315 g/mol. The van der Waals surface area contributed by atoms with Crippen LogP contribution >= 0.6 is 11.8 Å². The van der Waals surface area contributed by atoms with Crippen molar-refractivity contribution < 1.29 is 8.42 Å². The van der Waals surface area contributed by atoms with Gasteiger partial charge in [0, 0.05) is 29.8 Å². The molecule has 20 heavy (non-hydrogen) atoms. The van der Waals surface area contributed by atoms with E-state index in [1.54, 1.807) is 24.9 Å². The van der Waals surface area contributed by atoms with Crippen LogP contribution in [-0.2, 0) is 9.84 Å². The molecular weight excluding hydrogens is 294 g/mol. The van der Waals surface area contributed by atoms with Crippen molar-refractivity contribution in [2.75, 3.05) is 28.7 Å². The lowest BCUT2D eigenvalue weighted by atomic mass is 10.2. The molecule has 0 amide bonds. The predicted octanol–water partition coefficient (Wildman–Crippen LogP) is 1.42. The van der Waals surface area contributed by atoms with Crippen molar-refractivity contribution in [2.24, 2.45) is 5.73 Å². The number of anilines is 1. The van der Waals surface area contributed by atoms with Crippen LogP contribution in [0.2, 0.25) is 0 Å². The van der Waals surface area contributed by atoms with Crippen LogP contribution in [0, 0.1) is 0 Å². The molecule has 0 spiro atoms. The van der Waals surface area contributed by atoms with Gasteiger partial charge in [-0.1, -0.05) is 6.92 Å². The molecule has 1 aromatic heterocycles. The van der Waals surface area contributed by atoms with E-state index >= 15 is 0 Å². The largest absolute Gasteiger partial charge is 0.352 e. The van der Waals surface area contributed by atoms with Gasteiger partial charge in [0.15, 0.2) is 9.84 Å². The van der Waals surface area contributed by atoms with Gasteiger partial charge in [0.1, 0.15) is 5.37 Å². The fourth-order valence-corrected chi connectivity index (χ4v) is 5.19. The number of hydrogen-bond acceptors (Lipinski definition) is 6. The summed E-state index contributed by atoms with van der Waals surface area (Å²) in [6.07, 6.45) is 1.73. The first kappa shape index (κ1) is 15.6. The maximum absolute atomic E-state index is 12.2. The van der Waals surface area contributed by atoms with Gasteiger partial charge in [-0.25, -0.2) is 8.42 Å². The van der Waals surface area contributed by atoms with Crippen LogP contribution in [0.25, 0.3) is 0 Å². The van der Waals surface area contributed by atoms with Gasteiger partial charge in [-0.2, -0.15) is 11.8 Å². The molecule has 1 saturated heterocycles. The van der Waals surface area contributed by atoms with Crippen LogP contribution in [0.1, 0.15) is 25.6 Å². The predicted molar refractivity (Wildman–Crippen MR) is 84.8 cm³/mol. The molecule has 5 nitrogen and oxygen atoms in total. The highest BCUT2D eigenvalue weighted by atomic mass is 32.2. The summed E-state index contributed by atoms with van der Waals surface area (Å²) in [4.78, 5) is 6.28. The molecule has 1 unspecified atom stereocenters. The first-order valence-electron chi connectivity index (χ1n) is 6.73. The molecule has 0 radical (unpaired) electrons. The maximum atomic E-state index is 12.2. The van der Waals surface area contributed by atoms with Crippen LogP contribution in [0.3, 0.4) is 0 Å². The summed E-state index contributed by atoms with van der Waals surface area (Å²) in [6, 6.07) is 3.67.